The highest BCUT2D eigenvalue weighted by Crippen LogP contribution is 2.25. The Balaban J connectivity index is 2.04. The highest BCUT2D eigenvalue weighted by atomic mass is 19.1. The molecule has 3 N–H and O–H groups in total. The third kappa shape index (κ3) is 2.88. The van der Waals surface area contributed by atoms with Gasteiger partial charge in [0.1, 0.15) is 5.82 Å². The molecule has 1 fully saturated rings. The average molecular weight is 250 g/mol. The maximum Gasteiger partial charge on any atom is 0.227 e. The fraction of sp³-hybridized carbons (Fsp3) is 0.500. The normalized spacial score (nSPS) is 23.7. The van der Waals surface area contributed by atoms with Crippen molar-refractivity contribution in [2.45, 2.75) is 38.6 Å². The van der Waals surface area contributed by atoms with Crippen LogP contribution >= 0.6 is 0 Å². The van der Waals surface area contributed by atoms with Crippen LogP contribution in [0.3, 0.4) is 0 Å². The van der Waals surface area contributed by atoms with E-state index in [1.807, 2.05) is 0 Å². The smallest absolute Gasteiger partial charge is 0.227 e. The summed E-state index contributed by atoms with van der Waals surface area (Å²) in [5.41, 5.74) is 6.90. The van der Waals surface area contributed by atoms with Crippen LogP contribution < -0.4 is 11.1 Å². The summed E-state index contributed by atoms with van der Waals surface area (Å²) in [6.45, 7) is 1.66. The van der Waals surface area contributed by atoms with Gasteiger partial charge in [0.2, 0.25) is 5.91 Å². The molecule has 1 amide bonds. The Kier molecular flexibility index (Phi) is 3.97. The number of rotatable bonds is 2. The summed E-state index contributed by atoms with van der Waals surface area (Å²) in [7, 11) is 0. The van der Waals surface area contributed by atoms with E-state index in [0.29, 0.717) is 11.3 Å². The molecule has 2 unspecified atom stereocenters. The summed E-state index contributed by atoms with van der Waals surface area (Å²) in [6, 6.07) is 4.83. The number of carbonyl (C=O) groups excluding carboxylic acids is 1. The van der Waals surface area contributed by atoms with Crippen LogP contribution in [0.25, 0.3) is 0 Å². The summed E-state index contributed by atoms with van der Waals surface area (Å²) in [6.07, 6.45) is 3.57. The SMILES string of the molecule is Cc1c(F)cccc1NC(=O)C1CCCC(N)C1. The Morgan fingerprint density at radius 3 is 2.94 bits per heavy atom. The van der Waals surface area contributed by atoms with E-state index in [1.54, 1.807) is 19.1 Å². The van der Waals surface area contributed by atoms with Gasteiger partial charge in [-0.2, -0.15) is 0 Å². The van der Waals surface area contributed by atoms with E-state index in [0.717, 1.165) is 25.7 Å². The molecule has 0 aliphatic heterocycles. The zero-order chi connectivity index (χ0) is 13.1. The van der Waals surface area contributed by atoms with Crippen LogP contribution in [0.5, 0.6) is 0 Å². The lowest BCUT2D eigenvalue weighted by Gasteiger charge is -2.25. The van der Waals surface area contributed by atoms with E-state index >= 15 is 0 Å². The number of nitrogens with one attached hydrogen (secondary N) is 1. The molecule has 3 nitrogen and oxygen atoms in total. The first-order chi connectivity index (χ1) is 8.58. The molecule has 2 rings (SSSR count). The second-order valence-electron chi connectivity index (χ2n) is 5.03. The van der Waals surface area contributed by atoms with Crippen molar-refractivity contribution < 1.29 is 9.18 Å². The number of nitrogens with two attached hydrogens (primary N) is 1. The second kappa shape index (κ2) is 5.48. The Labute approximate surface area is 107 Å². The molecule has 0 bridgehead atoms. The van der Waals surface area contributed by atoms with Crippen molar-refractivity contribution in [1.29, 1.82) is 0 Å². The molecule has 0 heterocycles. The molecular formula is C14H19FN2O. The lowest BCUT2D eigenvalue weighted by molar-refractivity contribution is -0.120. The fourth-order valence-corrected chi connectivity index (χ4v) is 2.44. The molecule has 1 aliphatic carbocycles. The number of hydrogen-bond donors (Lipinski definition) is 2. The van der Waals surface area contributed by atoms with E-state index in [1.165, 1.54) is 6.07 Å². The van der Waals surface area contributed by atoms with Gasteiger partial charge in [-0.3, -0.25) is 4.79 Å². The van der Waals surface area contributed by atoms with Crippen molar-refractivity contribution in [3.05, 3.63) is 29.6 Å². The molecule has 0 spiro atoms. The van der Waals surface area contributed by atoms with Gasteiger partial charge in [-0.05, 0) is 38.3 Å². The van der Waals surface area contributed by atoms with Gasteiger partial charge < -0.3 is 11.1 Å². The quantitative estimate of drug-likeness (QED) is 0.847. The van der Waals surface area contributed by atoms with Crippen LogP contribution in [0.15, 0.2) is 18.2 Å². The maximum absolute atomic E-state index is 13.4. The van der Waals surface area contributed by atoms with E-state index < -0.39 is 0 Å². The molecule has 0 radical (unpaired) electrons. The van der Waals surface area contributed by atoms with Crippen molar-refractivity contribution in [2.75, 3.05) is 5.32 Å². The molecule has 1 aromatic carbocycles. The van der Waals surface area contributed by atoms with Crippen LogP contribution in [0, 0.1) is 18.7 Å². The van der Waals surface area contributed by atoms with Gasteiger partial charge in [-0.25, -0.2) is 4.39 Å². The second-order valence-corrected chi connectivity index (χ2v) is 5.03. The van der Waals surface area contributed by atoms with Crippen LogP contribution in [0.2, 0.25) is 0 Å². The van der Waals surface area contributed by atoms with Crippen molar-refractivity contribution in [3.63, 3.8) is 0 Å². The number of anilines is 1. The van der Waals surface area contributed by atoms with Crippen molar-refractivity contribution in [1.82, 2.24) is 0 Å². The van der Waals surface area contributed by atoms with Crippen LogP contribution in [-0.4, -0.2) is 11.9 Å². The molecule has 0 aromatic heterocycles. The lowest BCUT2D eigenvalue weighted by Crippen LogP contribution is -2.34. The molecule has 1 saturated carbocycles. The van der Waals surface area contributed by atoms with E-state index in [9.17, 15) is 9.18 Å². The largest absolute Gasteiger partial charge is 0.328 e. The molecule has 0 saturated heterocycles. The number of hydrogen-bond acceptors (Lipinski definition) is 2. The first kappa shape index (κ1) is 13.0. The number of benzene rings is 1. The highest BCUT2D eigenvalue weighted by Gasteiger charge is 2.25. The van der Waals surface area contributed by atoms with Gasteiger partial charge in [0, 0.05) is 23.2 Å². The summed E-state index contributed by atoms with van der Waals surface area (Å²) in [5.74, 6) is -0.386. The minimum Gasteiger partial charge on any atom is -0.328 e. The van der Waals surface area contributed by atoms with Crippen molar-refractivity contribution in [2.24, 2.45) is 11.7 Å². The average Bonchev–Trinajstić information content (AvgIpc) is 2.35. The summed E-state index contributed by atoms with van der Waals surface area (Å²) in [4.78, 5) is 12.1. The maximum atomic E-state index is 13.4. The predicted molar refractivity (Wildman–Crippen MR) is 69.7 cm³/mol. The van der Waals surface area contributed by atoms with Crippen LogP contribution in [-0.2, 0) is 4.79 Å². The molecule has 4 heteroatoms. The van der Waals surface area contributed by atoms with Gasteiger partial charge >= 0.3 is 0 Å². The number of amides is 1. The standard InChI is InChI=1S/C14H19FN2O/c1-9-12(15)6-3-7-13(9)17-14(18)10-4-2-5-11(16)8-10/h3,6-7,10-11H,2,4-5,8,16H2,1H3,(H,17,18). The zero-order valence-electron chi connectivity index (χ0n) is 10.6. The summed E-state index contributed by atoms with van der Waals surface area (Å²) < 4.78 is 13.4. The van der Waals surface area contributed by atoms with Gasteiger partial charge in [0.25, 0.3) is 0 Å². The van der Waals surface area contributed by atoms with Crippen molar-refractivity contribution in [3.8, 4) is 0 Å². The van der Waals surface area contributed by atoms with Crippen LogP contribution in [0.4, 0.5) is 10.1 Å². The molecule has 18 heavy (non-hydrogen) atoms. The van der Waals surface area contributed by atoms with Gasteiger partial charge in [0.15, 0.2) is 0 Å². The molecule has 98 valence electrons. The number of carbonyl (C=O) groups is 1. The molecule has 1 aliphatic rings. The topological polar surface area (TPSA) is 55.1 Å². The Morgan fingerprint density at radius 1 is 1.44 bits per heavy atom. The van der Waals surface area contributed by atoms with Crippen LogP contribution in [0.1, 0.15) is 31.2 Å². The minimum absolute atomic E-state index is 0.0427. The summed E-state index contributed by atoms with van der Waals surface area (Å²) >= 11 is 0. The lowest BCUT2D eigenvalue weighted by atomic mass is 9.85. The Morgan fingerprint density at radius 2 is 2.22 bits per heavy atom. The molecule has 1 aromatic rings. The third-order valence-corrected chi connectivity index (χ3v) is 3.61. The van der Waals surface area contributed by atoms with E-state index in [2.05, 4.69) is 5.32 Å². The first-order valence-electron chi connectivity index (χ1n) is 6.39. The fourth-order valence-electron chi connectivity index (χ4n) is 2.44. The Bertz CT molecular complexity index is 447. The van der Waals surface area contributed by atoms with Gasteiger partial charge in [0.05, 0.1) is 0 Å². The van der Waals surface area contributed by atoms with Gasteiger partial charge in [-0.15, -0.1) is 0 Å². The highest BCUT2D eigenvalue weighted by molar-refractivity contribution is 5.93. The monoisotopic (exact) mass is 250 g/mol. The zero-order valence-corrected chi connectivity index (χ0v) is 10.6. The minimum atomic E-state index is -0.298. The van der Waals surface area contributed by atoms with Crippen molar-refractivity contribution >= 4 is 11.6 Å². The third-order valence-electron chi connectivity index (χ3n) is 3.61. The Hall–Kier alpha value is -1.42. The predicted octanol–water partition coefficient (Wildman–Crippen LogP) is 2.59. The first-order valence-corrected chi connectivity index (χ1v) is 6.39. The molecular weight excluding hydrogens is 231 g/mol. The van der Waals surface area contributed by atoms with E-state index in [4.69, 9.17) is 5.73 Å². The molecule has 2 atom stereocenters. The van der Waals surface area contributed by atoms with Gasteiger partial charge in [-0.1, -0.05) is 12.5 Å². The number of halogens is 1. The summed E-state index contributed by atoms with van der Waals surface area (Å²) in [5, 5.41) is 2.81. The van der Waals surface area contributed by atoms with E-state index in [-0.39, 0.29) is 23.7 Å².